The predicted molar refractivity (Wildman–Crippen MR) is 69.3 cm³/mol. The van der Waals surface area contributed by atoms with Crippen LogP contribution in [0.3, 0.4) is 0 Å². The molecular formula is C10H14N6OS. The van der Waals surface area contributed by atoms with Crippen molar-refractivity contribution in [3.8, 4) is 10.7 Å². The van der Waals surface area contributed by atoms with Gasteiger partial charge in [-0.2, -0.15) is 5.10 Å². The minimum absolute atomic E-state index is 0.0604. The van der Waals surface area contributed by atoms with Crippen molar-refractivity contribution in [2.24, 2.45) is 5.73 Å². The van der Waals surface area contributed by atoms with Gasteiger partial charge in [0.05, 0.1) is 17.0 Å². The molecule has 0 atom stereocenters. The zero-order valence-corrected chi connectivity index (χ0v) is 11.0. The van der Waals surface area contributed by atoms with Crippen molar-refractivity contribution in [3.63, 3.8) is 0 Å². The Morgan fingerprint density at radius 3 is 2.94 bits per heavy atom. The molecule has 0 spiro atoms. The number of anilines is 1. The quantitative estimate of drug-likeness (QED) is 0.737. The summed E-state index contributed by atoms with van der Waals surface area (Å²) >= 11 is 1.49. The van der Waals surface area contributed by atoms with Crippen LogP contribution in [-0.2, 0) is 11.2 Å². The second-order valence-corrected chi connectivity index (χ2v) is 4.71. The highest BCUT2D eigenvalue weighted by Crippen LogP contribution is 2.30. The van der Waals surface area contributed by atoms with E-state index in [1.165, 1.54) is 11.3 Å². The molecule has 2 aromatic heterocycles. The number of thiazole rings is 1. The van der Waals surface area contributed by atoms with Gasteiger partial charge in [-0.15, -0.1) is 0 Å². The number of carbonyl (C=O) groups is 1. The maximum Gasteiger partial charge on any atom is 0.225 e. The molecule has 2 heterocycles. The van der Waals surface area contributed by atoms with Gasteiger partial charge in [0, 0.05) is 6.54 Å². The highest BCUT2D eigenvalue weighted by Gasteiger charge is 2.14. The Kier molecular flexibility index (Phi) is 3.56. The van der Waals surface area contributed by atoms with Crippen molar-refractivity contribution in [1.82, 2.24) is 20.2 Å². The van der Waals surface area contributed by atoms with Crippen LogP contribution >= 0.6 is 11.3 Å². The first-order chi connectivity index (χ1) is 8.60. The van der Waals surface area contributed by atoms with Crippen molar-refractivity contribution in [3.05, 3.63) is 11.5 Å². The molecule has 0 aliphatic carbocycles. The Hall–Kier alpha value is -1.96. The van der Waals surface area contributed by atoms with E-state index in [0.717, 1.165) is 22.2 Å². The van der Waals surface area contributed by atoms with Gasteiger partial charge in [-0.3, -0.25) is 9.89 Å². The minimum Gasteiger partial charge on any atom is -0.369 e. The number of hydrogen-bond donors (Lipinski definition) is 3. The van der Waals surface area contributed by atoms with Crippen LogP contribution in [0.1, 0.15) is 18.4 Å². The van der Waals surface area contributed by atoms with E-state index < -0.39 is 5.91 Å². The summed E-state index contributed by atoms with van der Waals surface area (Å²) in [5.41, 5.74) is 5.96. The van der Waals surface area contributed by atoms with Gasteiger partial charge in [0.15, 0.2) is 11.0 Å². The third-order valence-electron chi connectivity index (χ3n) is 2.20. The van der Waals surface area contributed by atoms with Crippen LogP contribution in [0.25, 0.3) is 10.7 Å². The second-order valence-electron chi connectivity index (χ2n) is 3.71. The summed E-state index contributed by atoms with van der Waals surface area (Å²) in [5.74, 6) is 0.577. The number of nitrogens with zero attached hydrogens (tertiary/aromatic N) is 3. The lowest BCUT2D eigenvalue weighted by Crippen LogP contribution is -2.14. The number of nitrogens with two attached hydrogens (primary N) is 1. The largest absolute Gasteiger partial charge is 0.369 e. The van der Waals surface area contributed by atoms with Gasteiger partial charge in [-0.1, -0.05) is 11.3 Å². The molecule has 96 valence electrons. The summed E-state index contributed by atoms with van der Waals surface area (Å²) in [4.78, 5) is 20.3. The van der Waals surface area contributed by atoms with Gasteiger partial charge in [-0.25, -0.2) is 9.97 Å². The Balaban J connectivity index is 2.25. The molecule has 1 amide bonds. The van der Waals surface area contributed by atoms with E-state index in [1.807, 2.05) is 13.8 Å². The van der Waals surface area contributed by atoms with Crippen LogP contribution in [0.4, 0.5) is 5.13 Å². The van der Waals surface area contributed by atoms with Crippen LogP contribution in [-0.4, -0.2) is 32.6 Å². The van der Waals surface area contributed by atoms with E-state index in [1.54, 1.807) is 0 Å². The predicted octanol–water partition coefficient (Wildman–Crippen LogP) is 0.696. The van der Waals surface area contributed by atoms with Crippen molar-refractivity contribution >= 4 is 22.4 Å². The first kappa shape index (κ1) is 12.5. The molecule has 0 aliphatic heterocycles. The second kappa shape index (κ2) is 5.13. The van der Waals surface area contributed by atoms with E-state index in [2.05, 4.69) is 25.5 Å². The normalized spacial score (nSPS) is 10.6. The van der Waals surface area contributed by atoms with Crippen molar-refractivity contribution in [2.75, 3.05) is 11.9 Å². The van der Waals surface area contributed by atoms with Gasteiger partial charge < -0.3 is 11.1 Å². The molecule has 0 saturated carbocycles. The van der Waals surface area contributed by atoms with Crippen LogP contribution in [0.5, 0.6) is 0 Å². The number of nitrogens with one attached hydrogen (secondary N) is 2. The summed E-state index contributed by atoms with van der Waals surface area (Å²) in [6, 6.07) is 0. The highest BCUT2D eigenvalue weighted by molar-refractivity contribution is 7.19. The number of carbonyl (C=O) groups excluding carboxylic acids is 1. The SMILES string of the molecule is CCNc1nc(C)c(-c2n[nH]c(CC(N)=O)n2)s1. The Morgan fingerprint density at radius 1 is 1.50 bits per heavy atom. The van der Waals surface area contributed by atoms with Gasteiger partial charge in [0.1, 0.15) is 5.82 Å². The average molecular weight is 266 g/mol. The van der Waals surface area contributed by atoms with Crippen LogP contribution < -0.4 is 11.1 Å². The Morgan fingerprint density at radius 2 is 2.28 bits per heavy atom. The number of amides is 1. The van der Waals surface area contributed by atoms with Gasteiger partial charge in [0.2, 0.25) is 5.91 Å². The monoisotopic (exact) mass is 266 g/mol. The molecule has 0 aromatic carbocycles. The van der Waals surface area contributed by atoms with Crippen molar-refractivity contribution in [2.45, 2.75) is 20.3 Å². The summed E-state index contributed by atoms with van der Waals surface area (Å²) < 4.78 is 0. The number of aryl methyl sites for hydroxylation is 1. The minimum atomic E-state index is -0.438. The topological polar surface area (TPSA) is 110 Å². The van der Waals surface area contributed by atoms with Crippen molar-refractivity contribution < 1.29 is 4.79 Å². The molecule has 2 aromatic rings. The molecule has 18 heavy (non-hydrogen) atoms. The van der Waals surface area contributed by atoms with E-state index in [0.29, 0.717) is 11.6 Å². The molecule has 0 aliphatic rings. The molecule has 0 radical (unpaired) electrons. The van der Waals surface area contributed by atoms with E-state index in [-0.39, 0.29) is 6.42 Å². The smallest absolute Gasteiger partial charge is 0.225 e. The Bertz CT molecular complexity index is 560. The summed E-state index contributed by atoms with van der Waals surface area (Å²) in [6.07, 6.45) is 0.0604. The third kappa shape index (κ3) is 2.65. The fourth-order valence-electron chi connectivity index (χ4n) is 1.47. The number of aromatic amines is 1. The summed E-state index contributed by atoms with van der Waals surface area (Å²) in [6.45, 7) is 4.72. The number of primary amides is 1. The Labute approximate surface area is 108 Å². The number of rotatable bonds is 5. The number of aromatic nitrogens is 4. The zero-order valence-electron chi connectivity index (χ0n) is 10.1. The van der Waals surface area contributed by atoms with Gasteiger partial charge in [0.25, 0.3) is 0 Å². The molecule has 0 saturated heterocycles. The molecule has 0 bridgehead atoms. The van der Waals surface area contributed by atoms with Crippen LogP contribution in [0.15, 0.2) is 0 Å². The molecule has 2 rings (SSSR count). The third-order valence-corrected chi connectivity index (χ3v) is 3.31. The maximum atomic E-state index is 10.8. The molecular weight excluding hydrogens is 252 g/mol. The fraction of sp³-hybridized carbons (Fsp3) is 0.400. The first-order valence-corrected chi connectivity index (χ1v) is 6.33. The van der Waals surface area contributed by atoms with Gasteiger partial charge >= 0.3 is 0 Å². The van der Waals surface area contributed by atoms with Crippen LogP contribution in [0.2, 0.25) is 0 Å². The fourth-order valence-corrected chi connectivity index (χ4v) is 2.44. The number of H-pyrrole nitrogens is 1. The standard InChI is InChI=1S/C10H14N6OS/c1-3-12-10-13-5(2)8(18-10)9-14-7(15-16-9)4-6(11)17/h3-4H2,1-2H3,(H2,11,17)(H,12,13)(H,14,15,16). The molecule has 4 N–H and O–H groups in total. The lowest BCUT2D eigenvalue weighted by Gasteiger charge is -1.92. The molecule has 0 unspecified atom stereocenters. The van der Waals surface area contributed by atoms with Crippen molar-refractivity contribution in [1.29, 1.82) is 0 Å². The lowest BCUT2D eigenvalue weighted by atomic mass is 10.4. The number of hydrogen-bond acceptors (Lipinski definition) is 6. The lowest BCUT2D eigenvalue weighted by molar-refractivity contribution is -0.117. The summed E-state index contributed by atoms with van der Waals surface area (Å²) in [7, 11) is 0. The molecule has 7 nitrogen and oxygen atoms in total. The van der Waals surface area contributed by atoms with E-state index in [9.17, 15) is 4.79 Å². The summed E-state index contributed by atoms with van der Waals surface area (Å²) in [5, 5.41) is 10.8. The van der Waals surface area contributed by atoms with Gasteiger partial charge in [-0.05, 0) is 13.8 Å². The molecule has 8 heteroatoms. The maximum absolute atomic E-state index is 10.8. The molecule has 0 fully saturated rings. The average Bonchev–Trinajstić information content (AvgIpc) is 2.85. The first-order valence-electron chi connectivity index (χ1n) is 5.51. The van der Waals surface area contributed by atoms with E-state index in [4.69, 9.17) is 5.73 Å². The van der Waals surface area contributed by atoms with E-state index >= 15 is 0 Å². The highest BCUT2D eigenvalue weighted by atomic mass is 32.1. The zero-order chi connectivity index (χ0) is 13.1. The van der Waals surface area contributed by atoms with Crippen LogP contribution in [0, 0.1) is 6.92 Å².